The molecule has 0 bridgehead atoms. The number of sulfonamides is 1. The van der Waals surface area contributed by atoms with E-state index in [1.54, 1.807) is 21.8 Å². The minimum absolute atomic E-state index is 0.0361. The standard InChI is InChI=1S/C15H26N4O3S/c1-4-11-23(21,22)17-13-6-9-18(10-7-13)15(20)14-5-8-16-19(14)12(2)3/h5,8,12-13,17H,4,6-7,9-11H2,1-3H3. The third-order valence-electron chi connectivity index (χ3n) is 3.98. The van der Waals surface area contributed by atoms with Crippen molar-refractivity contribution in [2.45, 2.75) is 52.1 Å². The van der Waals surface area contributed by atoms with Gasteiger partial charge in [-0.2, -0.15) is 5.10 Å². The molecule has 1 aromatic heterocycles. The van der Waals surface area contributed by atoms with Crippen molar-refractivity contribution in [3.8, 4) is 0 Å². The molecule has 7 nitrogen and oxygen atoms in total. The van der Waals surface area contributed by atoms with E-state index in [1.807, 2.05) is 20.8 Å². The fourth-order valence-electron chi connectivity index (χ4n) is 2.84. The first-order chi connectivity index (χ1) is 10.8. The molecular weight excluding hydrogens is 316 g/mol. The highest BCUT2D eigenvalue weighted by Crippen LogP contribution is 2.16. The highest BCUT2D eigenvalue weighted by Gasteiger charge is 2.27. The molecule has 1 amide bonds. The minimum Gasteiger partial charge on any atom is -0.337 e. The molecule has 1 N–H and O–H groups in total. The topological polar surface area (TPSA) is 84.3 Å². The van der Waals surface area contributed by atoms with Crippen LogP contribution >= 0.6 is 0 Å². The number of nitrogens with one attached hydrogen (secondary N) is 1. The van der Waals surface area contributed by atoms with Crippen LogP contribution in [0, 0.1) is 0 Å². The van der Waals surface area contributed by atoms with Crippen molar-refractivity contribution < 1.29 is 13.2 Å². The lowest BCUT2D eigenvalue weighted by atomic mass is 10.1. The maximum atomic E-state index is 12.6. The number of carbonyl (C=O) groups excluding carboxylic acids is 1. The average Bonchev–Trinajstić information content (AvgIpc) is 2.96. The summed E-state index contributed by atoms with van der Waals surface area (Å²) in [4.78, 5) is 14.4. The van der Waals surface area contributed by atoms with Crippen LogP contribution in [0.4, 0.5) is 0 Å². The van der Waals surface area contributed by atoms with Crippen molar-refractivity contribution in [1.82, 2.24) is 19.4 Å². The van der Waals surface area contributed by atoms with E-state index >= 15 is 0 Å². The van der Waals surface area contributed by atoms with Gasteiger partial charge in [0.2, 0.25) is 10.0 Å². The van der Waals surface area contributed by atoms with Crippen molar-refractivity contribution in [1.29, 1.82) is 0 Å². The molecule has 1 fully saturated rings. The summed E-state index contributed by atoms with van der Waals surface area (Å²) in [6.07, 6.45) is 3.53. The van der Waals surface area contributed by atoms with Gasteiger partial charge in [-0.15, -0.1) is 0 Å². The van der Waals surface area contributed by atoms with Crippen LogP contribution in [0.25, 0.3) is 0 Å². The first kappa shape index (κ1) is 17.9. The van der Waals surface area contributed by atoms with Crippen molar-refractivity contribution in [2.75, 3.05) is 18.8 Å². The van der Waals surface area contributed by atoms with E-state index in [0.717, 1.165) is 0 Å². The lowest BCUT2D eigenvalue weighted by molar-refractivity contribution is 0.0696. The Morgan fingerprint density at radius 3 is 2.61 bits per heavy atom. The monoisotopic (exact) mass is 342 g/mol. The molecule has 0 aromatic carbocycles. The van der Waals surface area contributed by atoms with E-state index in [0.29, 0.717) is 38.0 Å². The van der Waals surface area contributed by atoms with Gasteiger partial charge in [0.25, 0.3) is 5.91 Å². The Kier molecular flexibility index (Phi) is 5.80. The first-order valence-electron chi connectivity index (χ1n) is 8.17. The van der Waals surface area contributed by atoms with Crippen LogP contribution in [0.5, 0.6) is 0 Å². The second kappa shape index (κ2) is 7.44. The molecule has 2 rings (SSSR count). The summed E-state index contributed by atoms with van der Waals surface area (Å²) in [6.45, 7) is 6.93. The fraction of sp³-hybridized carbons (Fsp3) is 0.733. The van der Waals surface area contributed by atoms with E-state index in [9.17, 15) is 13.2 Å². The van der Waals surface area contributed by atoms with Gasteiger partial charge in [0.15, 0.2) is 0 Å². The van der Waals surface area contributed by atoms with E-state index in [1.165, 1.54) is 0 Å². The summed E-state index contributed by atoms with van der Waals surface area (Å²) in [5.41, 5.74) is 0.588. The van der Waals surface area contributed by atoms with Gasteiger partial charge in [0.1, 0.15) is 5.69 Å². The predicted octanol–water partition coefficient (Wildman–Crippen LogP) is 1.40. The molecule has 130 valence electrons. The molecular formula is C15H26N4O3S. The summed E-state index contributed by atoms with van der Waals surface area (Å²) < 4.78 is 28.1. The maximum absolute atomic E-state index is 12.6. The van der Waals surface area contributed by atoms with Gasteiger partial charge in [0.05, 0.1) is 5.75 Å². The number of hydrogen-bond donors (Lipinski definition) is 1. The SMILES string of the molecule is CCCS(=O)(=O)NC1CCN(C(=O)c2ccnn2C(C)C)CC1. The quantitative estimate of drug-likeness (QED) is 0.847. The molecule has 0 unspecified atom stereocenters. The molecule has 1 saturated heterocycles. The Balaban J connectivity index is 1.94. The molecule has 23 heavy (non-hydrogen) atoms. The van der Waals surface area contributed by atoms with E-state index in [2.05, 4.69) is 9.82 Å². The number of amides is 1. The van der Waals surface area contributed by atoms with Gasteiger partial charge in [-0.3, -0.25) is 9.48 Å². The average molecular weight is 342 g/mol. The number of nitrogens with zero attached hydrogens (tertiary/aromatic N) is 3. The van der Waals surface area contributed by atoms with E-state index in [-0.39, 0.29) is 23.7 Å². The third kappa shape index (κ3) is 4.54. The zero-order valence-electron chi connectivity index (χ0n) is 14.0. The van der Waals surface area contributed by atoms with Crippen LogP contribution in [0.3, 0.4) is 0 Å². The van der Waals surface area contributed by atoms with Crippen molar-refractivity contribution >= 4 is 15.9 Å². The van der Waals surface area contributed by atoms with Crippen LogP contribution in [0.15, 0.2) is 12.3 Å². The Bertz CT molecular complexity index is 631. The molecule has 8 heteroatoms. The van der Waals surface area contributed by atoms with Crippen LogP contribution in [-0.4, -0.2) is 53.9 Å². The normalized spacial score (nSPS) is 17.0. The van der Waals surface area contributed by atoms with E-state index in [4.69, 9.17) is 0 Å². The Morgan fingerprint density at radius 1 is 1.39 bits per heavy atom. The Labute approximate surface area is 138 Å². The molecule has 0 atom stereocenters. The molecule has 0 radical (unpaired) electrons. The highest BCUT2D eigenvalue weighted by atomic mass is 32.2. The highest BCUT2D eigenvalue weighted by molar-refractivity contribution is 7.89. The van der Waals surface area contributed by atoms with Gasteiger partial charge >= 0.3 is 0 Å². The summed E-state index contributed by atoms with van der Waals surface area (Å²) in [5.74, 6) is 0.116. The number of piperidine rings is 1. The van der Waals surface area contributed by atoms with Gasteiger partial charge < -0.3 is 4.90 Å². The van der Waals surface area contributed by atoms with Crippen LogP contribution in [0.1, 0.15) is 56.6 Å². The fourth-order valence-corrected chi connectivity index (χ4v) is 4.24. The van der Waals surface area contributed by atoms with Crippen molar-refractivity contribution in [3.63, 3.8) is 0 Å². The lowest BCUT2D eigenvalue weighted by Gasteiger charge is -2.32. The molecule has 0 saturated carbocycles. The second-order valence-corrected chi connectivity index (χ2v) is 8.13. The van der Waals surface area contributed by atoms with Crippen LogP contribution in [0.2, 0.25) is 0 Å². The van der Waals surface area contributed by atoms with Gasteiger partial charge in [0, 0.05) is 31.4 Å². The van der Waals surface area contributed by atoms with Gasteiger partial charge in [-0.05, 0) is 39.2 Å². The van der Waals surface area contributed by atoms with E-state index < -0.39 is 10.0 Å². The number of carbonyl (C=O) groups is 1. The Morgan fingerprint density at radius 2 is 2.04 bits per heavy atom. The third-order valence-corrected chi connectivity index (χ3v) is 5.62. The smallest absolute Gasteiger partial charge is 0.272 e. The molecule has 0 aliphatic carbocycles. The van der Waals surface area contributed by atoms with Crippen LogP contribution < -0.4 is 4.72 Å². The number of aromatic nitrogens is 2. The summed E-state index contributed by atoms with van der Waals surface area (Å²) in [6, 6.07) is 1.78. The molecule has 1 aliphatic heterocycles. The zero-order valence-corrected chi connectivity index (χ0v) is 14.8. The predicted molar refractivity (Wildman–Crippen MR) is 88.8 cm³/mol. The summed E-state index contributed by atoms with van der Waals surface area (Å²) in [7, 11) is -3.20. The number of hydrogen-bond acceptors (Lipinski definition) is 4. The summed E-state index contributed by atoms with van der Waals surface area (Å²) >= 11 is 0. The van der Waals surface area contributed by atoms with Crippen molar-refractivity contribution in [3.05, 3.63) is 18.0 Å². The molecule has 0 spiro atoms. The van der Waals surface area contributed by atoms with Crippen LogP contribution in [-0.2, 0) is 10.0 Å². The van der Waals surface area contributed by atoms with Gasteiger partial charge in [-0.1, -0.05) is 6.92 Å². The minimum atomic E-state index is -3.20. The second-order valence-electron chi connectivity index (χ2n) is 6.26. The summed E-state index contributed by atoms with van der Waals surface area (Å²) in [5, 5.41) is 4.19. The maximum Gasteiger partial charge on any atom is 0.272 e. The van der Waals surface area contributed by atoms with Gasteiger partial charge in [-0.25, -0.2) is 13.1 Å². The number of likely N-dealkylation sites (tertiary alicyclic amines) is 1. The number of rotatable bonds is 6. The lowest BCUT2D eigenvalue weighted by Crippen LogP contribution is -2.47. The zero-order chi connectivity index (χ0) is 17.0. The molecule has 1 aliphatic rings. The molecule has 1 aromatic rings. The Hall–Kier alpha value is -1.41. The largest absolute Gasteiger partial charge is 0.337 e. The first-order valence-corrected chi connectivity index (χ1v) is 9.82. The molecule has 2 heterocycles. The van der Waals surface area contributed by atoms with Crippen molar-refractivity contribution in [2.24, 2.45) is 0 Å².